The molecule has 0 aliphatic carbocycles. The van der Waals surface area contributed by atoms with Crippen LogP contribution in [0.2, 0.25) is 5.02 Å². The SMILES string of the molecule is CCOC(=O)C1c2cccn2-c2ccccc2CN1Cc1ccc(Cl)cc1. The summed E-state index contributed by atoms with van der Waals surface area (Å²) in [5.74, 6) is -0.223. The van der Waals surface area contributed by atoms with Crippen LogP contribution in [0.25, 0.3) is 5.69 Å². The molecule has 5 heteroatoms. The fraction of sp³-hybridized carbons (Fsp3) is 0.227. The van der Waals surface area contributed by atoms with Crippen LogP contribution in [0.4, 0.5) is 0 Å². The molecule has 0 bridgehead atoms. The normalized spacial score (nSPS) is 16.3. The number of carbonyl (C=O) groups is 1. The van der Waals surface area contributed by atoms with Crippen molar-refractivity contribution in [1.82, 2.24) is 9.47 Å². The number of carbonyl (C=O) groups excluding carboxylic acids is 1. The summed E-state index contributed by atoms with van der Waals surface area (Å²) in [4.78, 5) is 15.1. The maximum Gasteiger partial charge on any atom is 0.329 e. The van der Waals surface area contributed by atoms with E-state index in [9.17, 15) is 4.79 Å². The molecule has 0 amide bonds. The smallest absolute Gasteiger partial charge is 0.329 e. The van der Waals surface area contributed by atoms with Crippen molar-refractivity contribution in [3.63, 3.8) is 0 Å². The fourth-order valence-corrected chi connectivity index (χ4v) is 3.80. The largest absolute Gasteiger partial charge is 0.465 e. The summed E-state index contributed by atoms with van der Waals surface area (Å²) in [6.07, 6.45) is 2.01. The first-order valence-corrected chi connectivity index (χ1v) is 9.46. The number of esters is 1. The Hall–Kier alpha value is -2.56. The van der Waals surface area contributed by atoms with Gasteiger partial charge in [0.1, 0.15) is 6.04 Å². The molecule has 1 unspecified atom stereocenters. The molecule has 138 valence electrons. The van der Waals surface area contributed by atoms with Gasteiger partial charge in [0, 0.05) is 30.0 Å². The van der Waals surface area contributed by atoms with Gasteiger partial charge in [0.2, 0.25) is 0 Å². The van der Waals surface area contributed by atoms with Gasteiger partial charge in [0.15, 0.2) is 0 Å². The van der Waals surface area contributed by atoms with Crippen molar-refractivity contribution < 1.29 is 9.53 Å². The number of benzene rings is 2. The minimum Gasteiger partial charge on any atom is -0.465 e. The van der Waals surface area contributed by atoms with Crippen LogP contribution in [0.1, 0.15) is 29.8 Å². The van der Waals surface area contributed by atoms with E-state index in [1.54, 1.807) is 0 Å². The second-order valence-corrected chi connectivity index (χ2v) is 7.05. The van der Waals surface area contributed by atoms with E-state index in [0.717, 1.165) is 16.9 Å². The van der Waals surface area contributed by atoms with Crippen LogP contribution in [0.15, 0.2) is 66.9 Å². The molecule has 2 heterocycles. The minimum atomic E-state index is -0.469. The van der Waals surface area contributed by atoms with Crippen LogP contribution in [-0.2, 0) is 22.6 Å². The molecule has 0 N–H and O–H groups in total. The Morgan fingerprint density at radius 2 is 1.89 bits per heavy atom. The standard InChI is InChI=1S/C22H21ClN2O2/c1-2-27-22(26)21-20-8-5-13-25(20)19-7-4-3-6-17(19)15-24(21)14-16-9-11-18(23)12-10-16/h3-13,21H,2,14-15H2,1H3. The Morgan fingerprint density at radius 3 is 2.67 bits per heavy atom. The number of rotatable bonds is 4. The van der Waals surface area contributed by atoms with Gasteiger partial charge in [-0.05, 0) is 48.4 Å². The van der Waals surface area contributed by atoms with Gasteiger partial charge < -0.3 is 9.30 Å². The van der Waals surface area contributed by atoms with Crippen LogP contribution in [-0.4, -0.2) is 22.0 Å². The molecule has 0 radical (unpaired) electrons. The molecular formula is C22H21ClN2O2. The third-order valence-corrected chi connectivity index (χ3v) is 5.11. The van der Waals surface area contributed by atoms with Crippen molar-refractivity contribution >= 4 is 17.6 Å². The lowest BCUT2D eigenvalue weighted by atomic mass is 10.1. The molecule has 3 aromatic rings. The van der Waals surface area contributed by atoms with E-state index in [0.29, 0.717) is 24.7 Å². The first-order valence-electron chi connectivity index (χ1n) is 9.08. The van der Waals surface area contributed by atoms with Crippen molar-refractivity contribution in [1.29, 1.82) is 0 Å². The Kier molecular flexibility index (Phi) is 5.01. The van der Waals surface area contributed by atoms with Crippen LogP contribution >= 0.6 is 11.6 Å². The van der Waals surface area contributed by atoms with Crippen LogP contribution in [0.3, 0.4) is 0 Å². The first kappa shape index (κ1) is 17.8. The summed E-state index contributed by atoms with van der Waals surface area (Å²) in [5, 5.41) is 0.704. The maximum atomic E-state index is 12.9. The number of nitrogens with zero attached hydrogens (tertiary/aromatic N) is 2. The van der Waals surface area contributed by atoms with Crippen LogP contribution in [0.5, 0.6) is 0 Å². The number of ether oxygens (including phenoxy) is 1. The average molecular weight is 381 g/mol. The molecule has 4 rings (SSSR count). The zero-order valence-electron chi connectivity index (χ0n) is 15.1. The Labute approximate surface area is 163 Å². The van der Waals surface area contributed by atoms with E-state index < -0.39 is 6.04 Å². The van der Waals surface area contributed by atoms with E-state index >= 15 is 0 Å². The lowest BCUT2D eigenvalue weighted by molar-refractivity contribution is -0.150. The quantitative estimate of drug-likeness (QED) is 0.612. The summed E-state index contributed by atoms with van der Waals surface area (Å²) in [6, 6.07) is 19.5. The van der Waals surface area contributed by atoms with Gasteiger partial charge in [-0.25, -0.2) is 4.79 Å². The van der Waals surface area contributed by atoms with Crippen molar-refractivity contribution in [3.05, 3.63) is 88.7 Å². The van der Waals surface area contributed by atoms with Gasteiger partial charge in [-0.3, -0.25) is 4.90 Å². The monoisotopic (exact) mass is 380 g/mol. The molecule has 27 heavy (non-hydrogen) atoms. The molecule has 1 atom stereocenters. The summed E-state index contributed by atoms with van der Waals surface area (Å²) < 4.78 is 7.53. The van der Waals surface area contributed by atoms with E-state index in [4.69, 9.17) is 16.3 Å². The van der Waals surface area contributed by atoms with Gasteiger partial charge in [0.25, 0.3) is 0 Å². The van der Waals surface area contributed by atoms with E-state index in [2.05, 4.69) is 21.6 Å². The molecule has 0 saturated heterocycles. The summed E-state index contributed by atoms with van der Waals surface area (Å²) >= 11 is 6.03. The number of hydrogen-bond donors (Lipinski definition) is 0. The molecular weight excluding hydrogens is 360 g/mol. The van der Waals surface area contributed by atoms with E-state index in [-0.39, 0.29) is 5.97 Å². The van der Waals surface area contributed by atoms with E-state index in [1.165, 1.54) is 5.56 Å². The summed E-state index contributed by atoms with van der Waals surface area (Å²) in [6.45, 7) is 3.48. The van der Waals surface area contributed by atoms with Crippen molar-refractivity contribution in [2.45, 2.75) is 26.1 Å². The molecule has 0 fully saturated rings. The maximum absolute atomic E-state index is 12.9. The van der Waals surface area contributed by atoms with Crippen molar-refractivity contribution in [2.24, 2.45) is 0 Å². The highest BCUT2D eigenvalue weighted by Crippen LogP contribution is 2.34. The molecule has 0 spiro atoms. The lowest BCUT2D eigenvalue weighted by Crippen LogP contribution is -2.34. The summed E-state index contributed by atoms with van der Waals surface area (Å²) in [7, 11) is 0. The van der Waals surface area contributed by atoms with Gasteiger partial charge in [0.05, 0.1) is 12.3 Å². The van der Waals surface area contributed by atoms with Crippen LogP contribution in [0, 0.1) is 0 Å². The predicted molar refractivity (Wildman–Crippen MR) is 106 cm³/mol. The predicted octanol–water partition coefficient (Wildman–Crippen LogP) is 4.75. The molecule has 4 nitrogen and oxygen atoms in total. The van der Waals surface area contributed by atoms with Crippen molar-refractivity contribution in [3.8, 4) is 5.69 Å². The molecule has 2 aromatic carbocycles. The van der Waals surface area contributed by atoms with Crippen molar-refractivity contribution in [2.75, 3.05) is 6.61 Å². The molecule has 0 saturated carbocycles. The highest BCUT2D eigenvalue weighted by molar-refractivity contribution is 6.30. The molecule has 1 aliphatic rings. The molecule has 1 aliphatic heterocycles. The van der Waals surface area contributed by atoms with Crippen LogP contribution < -0.4 is 0 Å². The van der Waals surface area contributed by atoms with Gasteiger partial charge in [-0.1, -0.05) is 41.9 Å². The zero-order valence-corrected chi connectivity index (χ0v) is 15.9. The second-order valence-electron chi connectivity index (χ2n) is 6.62. The second kappa shape index (κ2) is 7.59. The molecule has 1 aromatic heterocycles. The number of hydrogen-bond acceptors (Lipinski definition) is 3. The Balaban J connectivity index is 1.79. The third kappa shape index (κ3) is 3.51. The fourth-order valence-electron chi connectivity index (χ4n) is 3.68. The third-order valence-electron chi connectivity index (χ3n) is 4.86. The number of para-hydroxylation sites is 1. The number of halogens is 1. The zero-order chi connectivity index (χ0) is 18.8. The minimum absolute atomic E-state index is 0.223. The van der Waals surface area contributed by atoms with Gasteiger partial charge >= 0.3 is 5.97 Å². The summed E-state index contributed by atoms with van der Waals surface area (Å²) in [5.41, 5.74) is 4.31. The topological polar surface area (TPSA) is 34.5 Å². The average Bonchev–Trinajstić information content (AvgIpc) is 3.09. The Bertz CT molecular complexity index is 949. The van der Waals surface area contributed by atoms with Gasteiger partial charge in [-0.2, -0.15) is 0 Å². The Morgan fingerprint density at radius 1 is 1.11 bits per heavy atom. The number of aromatic nitrogens is 1. The van der Waals surface area contributed by atoms with Gasteiger partial charge in [-0.15, -0.1) is 0 Å². The lowest BCUT2D eigenvalue weighted by Gasteiger charge is -2.28. The number of fused-ring (bicyclic) bond motifs is 3. The van der Waals surface area contributed by atoms with E-state index in [1.807, 2.05) is 61.7 Å². The highest BCUT2D eigenvalue weighted by Gasteiger charge is 2.34. The first-order chi connectivity index (χ1) is 13.2. The highest BCUT2D eigenvalue weighted by atomic mass is 35.5.